The molecule has 0 radical (unpaired) electrons. The van der Waals surface area contributed by atoms with Gasteiger partial charge >= 0.3 is 5.97 Å². The van der Waals surface area contributed by atoms with Gasteiger partial charge in [0.05, 0.1) is 35.6 Å². The molecule has 134 valence electrons. The zero-order chi connectivity index (χ0) is 18.8. The predicted molar refractivity (Wildman–Crippen MR) is 97.0 cm³/mol. The predicted octanol–water partition coefficient (Wildman–Crippen LogP) is 4.68. The number of fused-ring (bicyclic) bond motifs is 1. The van der Waals surface area contributed by atoms with Crippen LogP contribution < -0.4 is 0 Å². The van der Waals surface area contributed by atoms with Gasteiger partial charge in [-0.2, -0.15) is 0 Å². The number of hydrogen-bond donors (Lipinski definition) is 0. The van der Waals surface area contributed by atoms with Crippen LogP contribution in [0.15, 0.2) is 30.3 Å². The molecule has 2 heterocycles. The molecule has 0 aliphatic rings. The summed E-state index contributed by atoms with van der Waals surface area (Å²) in [4.78, 5) is 20.9. The Morgan fingerprint density at radius 1 is 1.19 bits per heavy atom. The van der Waals surface area contributed by atoms with E-state index in [-0.39, 0.29) is 44.8 Å². The van der Waals surface area contributed by atoms with Crippen molar-refractivity contribution in [2.24, 2.45) is 0 Å². The second kappa shape index (κ2) is 7.53. The van der Waals surface area contributed by atoms with E-state index in [2.05, 4.69) is 9.97 Å². The minimum atomic E-state index is -0.652. The lowest BCUT2D eigenvalue weighted by molar-refractivity contribution is 0.0597. The van der Waals surface area contributed by atoms with E-state index >= 15 is 0 Å². The molecule has 26 heavy (non-hydrogen) atoms. The second-order valence-electron chi connectivity index (χ2n) is 5.34. The Morgan fingerprint density at radius 2 is 1.92 bits per heavy atom. The van der Waals surface area contributed by atoms with Crippen LogP contribution in [-0.2, 0) is 16.1 Å². The van der Waals surface area contributed by atoms with Crippen LogP contribution in [0.25, 0.3) is 22.2 Å². The van der Waals surface area contributed by atoms with Crippen LogP contribution in [0.5, 0.6) is 0 Å². The van der Waals surface area contributed by atoms with Crippen LogP contribution in [0, 0.1) is 5.82 Å². The number of halogens is 3. The Morgan fingerprint density at radius 3 is 2.58 bits per heavy atom. The lowest BCUT2D eigenvalue weighted by Crippen LogP contribution is -2.11. The fourth-order valence-electron chi connectivity index (χ4n) is 2.61. The van der Waals surface area contributed by atoms with Gasteiger partial charge in [-0.05, 0) is 18.2 Å². The van der Waals surface area contributed by atoms with Gasteiger partial charge in [0.1, 0.15) is 16.5 Å². The molecular formula is C18H13Cl2FN2O3. The maximum atomic E-state index is 14.2. The number of nitrogens with zero attached hydrogens (tertiary/aromatic N) is 2. The van der Waals surface area contributed by atoms with E-state index < -0.39 is 11.8 Å². The van der Waals surface area contributed by atoms with Crippen LogP contribution in [0.1, 0.15) is 16.1 Å². The molecule has 0 saturated carbocycles. The minimum absolute atomic E-state index is 0.0272. The van der Waals surface area contributed by atoms with Crippen molar-refractivity contribution in [2.45, 2.75) is 6.61 Å². The van der Waals surface area contributed by atoms with Gasteiger partial charge in [-0.25, -0.2) is 19.2 Å². The highest BCUT2D eigenvalue weighted by molar-refractivity contribution is 6.37. The summed E-state index contributed by atoms with van der Waals surface area (Å²) in [5.41, 5.74) is 0.977. The van der Waals surface area contributed by atoms with E-state index in [1.54, 1.807) is 18.2 Å². The number of methoxy groups -OCH3 is 2. The van der Waals surface area contributed by atoms with Crippen molar-refractivity contribution in [3.63, 3.8) is 0 Å². The topological polar surface area (TPSA) is 61.3 Å². The maximum Gasteiger partial charge on any atom is 0.342 e. The number of hydrogen-bond acceptors (Lipinski definition) is 5. The van der Waals surface area contributed by atoms with Gasteiger partial charge in [-0.1, -0.05) is 35.3 Å². The third-order valence-corrected chi connectivity index (χ3v) is 4.33. The summed E-state index contributed by atoms with van der Waals surface area (Å²) in [6, 6.07) is 7.58. The number of benzene rings is 1. The lowest BCUT2D eigenvalue weighted by Gasteiger charge is -2.13. The van der Waals surface area contributed by atoms with Gasteiger partial charge in [0.2, 0.25) is 0 Å². The standard InChI is InChI=1S/C18H13Cl2FN2O3/c1-25-8-13-14(18(24)26-2)16-10(17(20)22-13)7-11(19)15(23-16)9-5-3-4-6-12(9)21/h3-7H,8H2,1-2H3. The Kier molecular flexibility index (Phi) is 5.36. The third kappa shape index (κ3) is 3.23. The van der Waals surface area contributed by atoms with E-state index in [0.717, 1.165) is 0 Å². The average Bonchev–Trinajstić information content (AvgIpc) is 2.62. The molecule has 5 nitrogen and oxygen atoms in total. The fourth-order valence-corrected chi connectivity index (χ4v) is 3.11. The first-order valence-corrected chi connectivity index (χ1v) is 8.24. The summed E-state index contributed by atoms with van der Waals surface area (Å²) in [5, 5.41) is 0.646. The fraction of sp³-hybridized carbons (Fsp3) is 0.167. The molecule has 0 aliphatic heterocycles. The molecule has 1 aromatic carbocycles. The summed E-state index contributed by atoms with van der Waals surface area (Å²) in [5.74, 6) is -1.14. The summed E-state index contributed by atoms with van der Waals surface area (Å²) in [6.45, 7) is 0.0272. The van der Waals surface area contributed by atoms with Crippen LogP contribution >= 0.6 is 23.2 Å². The summed E-state index contributed by atoms with van der Waals surface area (Å²) in [7, 11) is 2.70. The first kappa shape index (κ1) is 18.5. The first-order valence-electron chi connectivity index (χ1n) is 7.48. The summed E-state index contributed by atoms with van der Waals surface area (Å²) >= 11 is 12.5. The quantitative estimate of drug-likeness (QED) is 0.474. The van der Waals surface area contributed by atoms with Gasteiger partial charge in [0, 0.05) is 18.1 Å². The number of ether oxygens (including phenoxy) is 2. The summed E-state index contributed by atoms with van der Waals surface area (Å²) < 4.78 is 24.1. The van der Waals surface area contributed by atoms with Crippen LogP contribution in [0.2, 0.25) is 10.2 Å². The van der Waals surface area contributed by atoms with Gasteiger partial charge in [0.25, 0.3) is 0 Å². The van der Waals surface area contributed by atoms with Crippen molar-refractivity contribution in [2.75, 3.05) is 14.2 Å². The van der Waals surface area contributed by atoms with Crippen LogP contribution in [0.3, 0.4) is 0 Å². The first-order chi connectivity index (χ1) is 12.5. The number of rotatable bonds is 4. The van der Waals surface area contributed by atoms with E-state index in [9.17, 15) is 9.18 Å². The van der Waals surface area contributed by atoms with E-state index in [4.69, 9.17) is 32.7 Å². The number of carbonyl (C=O) groups excluding carboxylic acids is 1. The number of esters is 1. The molecule has 3 rings (SSSR count). The van der Waals surface area contributed by atoms with E-state index in [1.807, 2.05) is 0 Å². The molecule has 0 N–H and O–H groups in total. The molecule has 0 saturated heterocycles. The lowest BCUT2D eigenvalue weighted by atomic mass is 10.1. The van der Waals surface area contributed by atoms with E-state index in [0.29, 0.717) is 5.39 Å². The highest BCUT2D eigenvalue weighted by Crippen LogP contribution is 2.35. The maximum absolute atomic E-state index is 14.2. The molecule has 0 amide bonds. The molecule has 2 aromatic heterocycles. The van der Waals surface area contributed by atoms with Gasteiger partial charge in [-0.3, -0.25) is 0 Å². The molecule has 3 aromatic rings. The summed E-state index contributed by atoms with van der Waals surface area (Å²) in [6.07, 6.45) is 0. The molecule has 0 fully saturated rings. The highest BCUT2D eigenvalue weighted by Gasteiger charge is 2.23. The third-order valence-electron chi connectivity index (χ3n) is 3.76. The highest BCUT2D eigenvalue weighted by atomic mass is 35.5. The molecule has 0 unspecified atom stereocenters. The van der Waals surface area contributed by atoms with Crippen molar-refractivity contribution in [1.29, 1.82) is 0 Å². The number of pyridine rings is 2. The Bertz CT molecular complexity index is 1010. The molecule has 0 aliphatic carbocycles. The van der Waals surface area contributed by atoms with Crippen molar-refractivity contribution in [3.05, 3.63) is 57.6 Å². The molecule has 8 heteroatoms. The SMILES string of the molecule is COCc1nc(Cl)c2cc(Cl)c(-c3ccccc3F)nc2c1C(=O)OC. The van der Waals surface area contributed by atoms with Gasteiger partial charge in [-0.15, -0.1) is 0 Å². The Balaban J connectivity index is 2.40. The Hall–Kier alpha value is -2.28. The van der Waals surface area contributed by atoms with E-state index in [1.165, 1.54) is 26.4 Å². The van der Waals surface area contributed by atoms with Crippen LogP contribution in [-0.4, -0.2) is 30.2 Å². The number of carbonyl (C=O) groups is 1. The minimum Gasteiger partial charge on any atom is -0.465 e. The largest absolute Gasteiger partial charge is 0.465 e. The Labute approximate surface area is 158 Å². The smallest absolute Gasteiger partial charge is 0.342 e. The normalized spacial score (nSPS) is 11.0. The van der Waals surface area contributed by atoms with Crippen LogP contribution in [0.4, 0.5) is 4.39 Å². The monoisotopic (exact) mass is 394 g/mol. The average molecular weight is 395 g/mol. The molecular weight excluding hydrogens is 382 g/mol. The zero-order valence-electron chi connectivity index (χ0n) is 13.8. The van der Waals surface area contributed by atoms with Crippen molar-refractivity contribution in [3.8, 4) is 11.3 Å². The second-order valence-corrected chi connectivity index (χ2v) is 6.11. The molecule has 0 bridgehead atoms. The van der Waals surface area contributed by atoms with Crippen molar-refractivity contribution >= 4 is 40.1 Å². The van der Waals surface area contributed by atoms with Gasteiger partial charge < -0.3 is 9.47 Å². The molecule has 0 atom stereocenters. The zero-order valence-corrected chi connectivity index (χ0v) is 15.4. The van der Waals surface area contributed by atoms with Crippen molar-refractivity contribution < 1.29 is 18.7 Å². The van der Waals surface area contributed by atoms with Crippen molar-refractivity contribution in [1.82, 2.24) is 9.97 Å². The molecule has 0 spiro atoms. The number of aromatic nitrogens is 2. The van der Waals surface area contributed by atoms with Gasteiger partial charge in [0.15, 0.2) is 0 Å².